The van der Waals surface area contributed by atoms with Crippen molar-refractivity contribution in [3.8, 4) is 16.9 Å². The van der Waals surface area contributed by atoms with Crippen LogP contribution in [0, 0.1) is 0 Å². The van der Waals surface area contributed by atoms with E-state index in [2.05, 4.69) is 22.4 Å². The number of nitrogens with two attached hydrogens (primary N) is 1. The normalized spacial score (nSPS) is 10.4. The molecule has 1 aromatic heterocycles. The molecule has 0 bridgehead atoms. The summed E-state index contributed by atoms with van der Waals surface area (Å²) in [4.78, 5) is 17.2. The molecule has 1 amide bonds. The molecule has 0 unspecified atom stereocenters. The molecule has 0 saturated carbocycles. The molecule has 0 aliphatic heterocycles. The van der Waals surface area contributed by atoms with Crippen molar-refractivity contribution in [1.82, 2.24) is 4.98 Å². The highest BCUT2D eigenvalue weighted by Gasteiger charge is 2.16. The maximum Gasteiger partial charge on any atom is 0.257 e. The average Bonchev–Trinajstić information content (AvgIpc) is 3.17. The standard InChI is InChI=1S/C22H19N3O2S.ClH/c1-27-18-12-11-17(15-5-3-2-4-6-15)20-19(18)24-22(28-20)25-21(26)16-9-7-14(13-23)8-10-16;/h2-12H,13,23H2,1H3,(H,24,25,26);1H. The summed E-state index contributed by atoms with van der Waals surface area (Å²) in [6.07, 6.45) is 0. The topological polar surface area (TPSA) is 77.2 Å². The van der Waals surface area contributed by atoms with Crippen molar-refractivity contribution in [1.29, 1.82) is 0 Å². The number of anilines is 1. The highest BCUT2D eigenvalue weighted by Crippen LogP contribution is 2.39. The number of carbonyl (C=O) groups excluding carboxylic acids is 1. The highest BCUT2D eigenvalue weighted by atomic mass is 35.5. The summed E-state index contributed by atoms with van der Waals surface area (Å²) in [5.41, 5.74) is 10.0. The third kappa shape index (κ3) is 4.24. The minimum absolute atomic E-state index is 0. The van der Waals surface area contributed by atoms with E-state index in [-0.39, 0.29) is 18.3 Å². The number of nitrogens with zero attached hydrogens (tertiary/aromatic N) is 1. The Morgan fingerprint density at radius 3 is 2.45 bits per heavy atom. The van der Waals surface area contributed by atoms with Gasteiger partial charge in [0, 0.05) is 17.7 Å². The first-order valence-corrected chi connectivity index (χ1v) is 9.64. The van der Waals surface area contributed by atoms with E-state index in [0.717, 1.165) is 26.9 Å². The first-order chi connectivity index (χ1) is 13.7. The van der Waals surface area contributed by atoms with Crippen molar-refractivity contribution in [2.45, 2.75) is 6.54 Å². The SMILES string of the molecule is COc1ccc(-c2ccccc2)c2sc(NC(=O)c3ccc(CN)cc3)nc12.Cl. The number of halogens is 1. The largest absolute Gasteiger partial charge is 0.494 e. The summed E-state index contributed by atoms with van der Waals surface area (Å²) in [6, 6.07) is 21.2. The maximum atomic E-state index is 12.6. The Bertz CT molecular complexity index is 1130. The molecule has 7 heteroatoms. The van der Waals surface area contributed by atoms with Gasteiger partial charge < -0.3 is 10.5 Å². The number of rotatable bonds is 5. The first kappa shape index (κ1) is 20.8. The van der Waals surface area contributed by atoms with Gasteiger partial charge >= 0.3 is 0 Å². The molecule has 0 radical (unpaired) electrons. The Morgan fingerprint density at radius 2 is 1.79 bits per heavy atom. The van der Waals surface area contributed by atoms with E-state index in [1.54, 1.807) is 19.2 Å². The van der Waals surface area contributed by atoms with Crippen molar-refractivity contribution in [3.63, 3.8) is 0 Å². The second-order valence-electron chi connectivity index (χ2n) is 6.23. The Hall–Kier alpha value is -2.93. The average molecular weight is 426 g/mol. The van der Waals surface area contributed by atoms with Gasteiger partial charge in [-0.2, -0.15) is 0 Å². The molecule has 0 aliphatic rings. The zero-order chi connectivity index (χ0) is 19.5. The van der Waals surface area contributed by atoms with Crippen molar-refractivity contribution >= 4 is 45.0 Å². The smallest absolute Gasteiger partial charge is 0.257 e. The van der Waals surface area contributed by atoms with Gasteiger partial charge in [-0.15, -0.1) is 12.4 Å². The molecule has 0 spiro atoms. The third-order valence-electron chi connectivity index (χ3n) is 4.48. The number of thiazole rings is 1. The van der Waals surface area contributed by atoms with Gasteiger partial charge in [0.1, 0.15) is 11.3 Å². The van der Waals surface area contributed by atoms with Crippen molar-refractivity contribution in [3.05, 3.63) is 77.9 Å². The van der Waals surface area contributed by atoms with Gasteiger partial charge in [-0.05, 0) is 35.4 Å². The summed E-state index contributed by atoms with van der Waals surface area (Å²) in [7, 11) is 1.62. The predicted molar refractivity (Wildman–Crippen MR) is 121 cm³/mol. The van der Waals surface area contributed by atoms with E-state index in [0.29, 0.717) is 23.0 Å². The molecule has 3 aromatic carbocycles. The molecule has 0 fully saturated rings. The monoisotopic (exact) mass is 425 g/mol. The Kier molecular flexibility index (Phi) is 6.49. The molecule has 4 aromatic rings. The van der Waals surface area contributed by atoms with Crippen molar-refractivity contribution < 1.29 is 9.53 Å². The number of carbonyl (C=O) groups is 1. The minimum Gasteiger partial charge on any atom is -0.494 e. The Labute approximate surface area is 179 Å². The van der Waals surface area contributed by atoms with Crippen molar-refractivity contribution in [2.75, 3.05) is 12.4 Å². The number of amides is 1. The van der Waals surface area contributed by atoms with E-state index in [4.69, 9.17) is 10.5 Å². The van der Waals surface area contributed by atoms with Crippen LogP contribution in [0.25, 0.3) is 21.3 Å². The lowest BCUT2D eigenvalue weighted by molar-refractivity contribution is 0.102. The number of benzene rings is 3. The van der Waals surface area contributed by atoms with Gasteiger partial charge in [0.15, 0.2) is 5.13 Å². The second-order valence-corrected chi connectivity index (χ2v) is 7.23. The lowest BCUT2D eigenvalue weighted by atomic mass is 10.1. The van der Waals surface area contributed by atoms with Crippen LogP contribution >= 0.6 is 23.7 Å². The van der Waals surface area contributed by atoms with E-state index >= 15 is 0 Å². The predicted octanol–water partition coefficient (Wildman–Crippen LogP) is 5.10. The highest BCUT2D eigenvalue weighted by molar-refractivity contribution is 7.23. The second kappa shape index (κ2) is 9.05. The number of hydrogen-bond acceptors (Lipinski definition) is 5. The first-order valence-electron chi connectivity index (χ1n) is 8.83. The fraction of sp³-hybridized carbons (Fsp3) is 0.0909. The maximum absolute atomic E-state index is 12.6. The zero-order valence-corrected chi connectivity index (χ0v) is 17.3. The molecular formula is C22H20ClN3O2S. The minimum atomic E-state index is -0.206. The molecule has 4 rings (SSSR count). The number of aromatic nitrogens is 1. The molecule has 0 saturated heterocycles. The number of hydrogen-bond donors (Lipinski definition) is 2. The molecule has 5 nitrogen and oxygen atoms in total. The van der Waals surface area contributed by atoms with Gasteiger partial charge in [0.25, 0.3) is 5.91 Å². The van der Waals surface area contributed by atoms with E-state index in [9.17, 15) is 4.79 Å². The molecule has 1 heterocycles. The number of ether oxygens (including phenoxy) is 1. The van der Waals surface area contributed by atoms with Crippen molar-refractivity contribution in [2.24, 2.45) is 5.73 Å². The third-order valence-corrected chi connectivity index (χ3v) is 5.49. The molecule has 148 valence electrons. The van der Waals surface area contributed by atoms with E-state index < -0.39 is 0 Å². The number of methoxy groups -OCH3 is 1. The van der Waals surface area contributed by atoms with Crippen LogP contribution in [0.1, 0.15) is 15.9 Å². The fourth-order valence-electron chi connectivity index (χ4n) is 3.01. The van der Waals surface area contributed by atoms with Crippen LogP contribution in [-0.2, 0) is 6.54 Å². The molecule has 3 N–H and O–H groups in total. The molecular weight excluding hydrogens is 406 g/mol. The van der Waals surface area contributed by atoms with Crippen LogP contribution in [-0.4, -0.2) is 18.0 Å². The quantitative estimate of drug-likeness (QED) is 0.466. The van der Waals surface area contributed by atoms with Gasteiger partial charge in [0.05, 0.1) is 11.8 Å². The number of fused-ring (bicyclic) bond motifs is 1. The van der Waals surface area contributed by atoms with Gasteiger partial charge in [-0.1, -0.05) is 53.8 Å². The molecule has 0 atom stereocenters. The summed E-state index contributed by atoms with van der Waals surface area (Å²) in [5.74, 6) is 0.474. The van der Waals surface area contributed by atoms with Crippen LogP contribution in [0.4, 0.5) is 5.13 Å². The lowest BCUT2D eigenvalue weighted by Gasteiger charge is -2.05. The number of nitrogens with one attached hydrogen (secondary N) is 1. The van der Waals surface area contributed by atoms with Gasteiger partial charge in [-0.3, -0.25) is 10.1 Å². The van der Waals surface area contributed by atoms with Crippen LogP contribution in [0.5, 0.6) is 5.75 Å². The van der Waals surface area contributed by atoms with Crippen LogP contribution in [0.15, 0.2) is 66.7 Å². The molecule has 0 aliphatic carbocycles. The van der Waals surface area contributed by atoms with Crippen LogP contribution in [0.2, 0.25) is 0 Å². The summed E-state index contributed by atoms with van der Waals surface area (Å²) >= 11 is 1.44. The Morgan fingerprint density at radius 1 is 1.07 bits per heavy atom. The van der Waals surface area contributed by atoms with Crippen LogP contribution < -0.4 is 15.8 Å². The summed E-state index contributed by atoms with van der Waals surface area (Å²) in [5, 5.41) is 3.43. The summed E-state index contributed by atoms with van der Waals surface area (Å²) < 4.78 is 6.44. The van der Waals surface area contributed by atoms with Crippen LogP contribution in [0.3, 0.4) is 0 Å². The Balaban J connectivity index is 0.00000240. The van der Waals surface area contributed by atoms with Gasteiger partial charge in [-0.25, -0.2) is 4.98 Å². The lowest BCUT2D eigenvalue weighted by Crippen LogP contribution is -2.11. The van der Waals surface area contributed by atoms with E-state index in [1.165, 1.54) is 11.3 Å². The zero-order valence-electron chi connectivity index (χ0n) is 15.7. The molecule has 29 heavy (non-hydrogen) atoms. The van der Waals surface area contributed by atoms with Gasteiger partial charge in [0.2, 0.25) is 0 Å². The fourth-order valence-corrected chi connectivity index (χ4v) is 4.02. The summed E-state index contributed by atoms with van der Waals surface area (Å²) in [6.45, 7) is 0.446. The van der Waals surface area contributed by atoms with E-state index in [1.807, 2.05) is 42.5 Å².